The summed E-state index contributed by atoms with van der Waals surface area (Å²) < 4.78 is 6.92. The molecule has 1 aliphatic heterocycles. The number of anilines is 1. The predicted molar refractivity (Wildman–Crippen MR) is 128 cm³/mol. The van der Waals surface area contributed by atoms with Gasteiger partial charge in [0.15, 0.2) is 5.71 Å². The van der Waals surface area contributed by atoms with Crippen LogP contribution in [0.4, 0.5) is 11.4 Å². The van der Waals surface area contributed by atoms with Gasteiger partial charge in [-0.2, -0.15) is 9.78 Å². The van der Waals surface area contributed by atoms with Gasteiger partial charge in [0.1, 0.15) is 11.4 Å². The van der Waals surface area contributed by atoms with Crippen molar-refractivity contribution in [1.82, 2.24) is 19.9 Å². The van der Waals surface area contributed by atoms with E-state index >= 15 is 0 Å². The number of esters is 1. The summed E-state index contributed by atoms with van der Waals surface area (Å²) >= 11 is 0. The summed E-state index contributed by atoms with van der Waals surface area (Å²) in [5.41, 5.74) is 3.85. The van der Waals surface area contributed by atoms with Crippen molar-refractivity contribution in [3.8, 4) is 11.5 Å². The molecule has 1 aliphatic rings. The first-order valence-corrected chi connectivity index (χ1v) is 11.0. The summed E-state index contributed by atoms with van der Waals surface area (Å²) in [6.07, 6.45) is 1.37. The Morgan fingerprint density at radius 1 is 1.12 bits per heavy atom. The van der Waals surface area contributed by atoms with Gasteiger partial charge in [-0.15, -0.1) is 10.2 Å². The van der Waals surface area contributed by atoms with Crippen LogP contribution in [0.15, 0.2) is 52.7 Å². The molecular weight excluding hydrogens is 418 g/mol. The maximum Gasteiger partial charge on any atom is 0.361 e. The van der Waals surface area contributed by atoms with E-state index in [-0.39, 0.29) is 11.8 Å². The molecule has 9 heteroatoms. The van der Waals surface area contributed by atoms with E-state index in [1.165, 1.54) is 4.68 Å². The molecule has 170 valence electrons. The van der Waals surface area contributed by atoms with Crippen molar-refractivity contribution in [3.63, 3.8) is 0 Å². The predicted octanol–water partition coefficient (Wildman–Crippen LogP) is 3.78. The molecule has 3 heterocycles. The number of hydrogen-bond donors (Lipinski definition) is 0. The zero-order valence-electron chi connectivity index (χ0n) is 19.5. The Hall–Kier alpha value is -3.88. The highest BCUT2D eigenvalue weighted by Crippen LogP contribution is 2.28. The third-order valence-corrected chi connectivity index (χ3v) is 5.25. The lowest BCUT2D eigenvalue weighted by molar-refractivity contribution is -0.138. The van der Waals surface area contributed by atoms with E-state index < -0.39 is 5.97 Å². The Labute approximate surface area is 192 Å². The fraction of sp³-hybridized carbons (Fsp3) is 0.333. The SMILES string of the molecule is CCN(CC)c1ccc(N=C2C(C(=O)OC(C)C)=Nn3c2nnc3-c2ccccn2)c(C)c1. The van der Waals surface area contributed by atoms with E-state index in [2.05, 4.69) is 45.1 Å². The number of rotatable bonds is 7. The lowest BCUT2D eigenvalue weighted by Crippen LogP contribution is -2.27. The summed E-state index contributed by atoms with van der Waals surface area (Å²) in [6.45, 7) is 11.7. The first kappa shape index (κ1) is 22.3. The molecule has 0 atom stereocenters. The molecular formula is C24H27N7O2. The Morgan fingerprint density at radius 2 is 1.88 bits per heavy atom. The van der Waals surface area contributed by atoms with Crippen molar-refractivity contribution in [3.05, 3.63) is 54.0 Å². The molecule has 4 rings (SSSR count). The van der Waals surface area contributed by atoms with Gasteiger partial charge in [-0.25, -0.2) is 9.79 Å². The van der Waals surface area contributed by atoms with E-state index in [4.69, 9.17) is 9.73 Å². The summed E-state index contributed by atoms with van der Waals surface area (Å²) in [6, 6.07) is 11.5. The highest BCUT2D eigenvalue weighted by molar-refractivity contribution is 6.69. The van der Waals surface area contributed by atoms with E-state index in [0.29, 0.717) is 23.1 Å². The minimum Gasteiger partial charge on any atom is -0.458 e. The zero-order chi connectivity index (χ0) is 23.5. The van der Waals surface area contributed by atoms with Crippen LogP contribution in [0, 0.1) is 6.92 Å². The minimum absolute atomic E-state index is 0.0954. The minimum atomic E-state index is -0.557. The van der Waals surface area contributed by atoms with Gasteiger partial charge >= 0.3 is 5.97 Å². The summed E-state index contributed by atoms with van der Waals surface area (Å²) in [4.78, 5) is 24.2. The fourth-order valence-electron chi connectivity index (χ4n) is 3.61. The van der Waals surface area contributed by atoms with Crippen molar-refractivity contribution in [1.29, 1.82) is 0 Å². The first-order chi connectivity index (χ1) is 15.9. The third kappa shape index (κ3) is 4.39. The number of aromatic nitrogens is 4. The van der Waals surface area contributed by atoms with Crippen LogP contribution < -0.4 is 4.90 Å². The van der Waals surface area contributed by atoms with Gasteiger partial charge in [-0.1, -0.05) is 6.07 Å². The van der Waals surface area contributed by atoms with Gasteiger partial charge in [-0.3, -0.25) is 4.98 Å². The average molecular weight is 446 g/mol. The lowest BCUT2D eigenvalue weighted by Gasteiger charge is -2.21. The second-order valence-electron chi connectivity index (χ2n) is 7.88. The molecule has 0 saturated carbocycles. The van der Waals surface area contributed by atoms with E-state index in [0.717, 1.165) is 30.0 Å². The van der Waals surface area contributed by atoms with Gasteiger partial charge in [0.05, 0.1) is 11.8 Å². The van der Waals surface area contributed by atoms with Gasteiger partial charge in [0.25, 0.3) is 0 Å². The van der Waals surface area contributed by atoms with E-state index in [1.807, 2.05) is 37.3 Å². The molecule has 33 heavy (non-hydrogen) atoms. The smallest absolute Gasteiger partial charge is 0.361 e. The van der Waals surface area contributed by atoms with Crippen LogP contribution in [0.2, 0.25) is 0 Å². The number of pyridine rings is 1. The van der Waals surface area contributed by atoms with Crippen LogP contribution in [-0.4, -0.2) is 56.4 Å². The van der Waals surface area contributed by atoms with Crippen molar-refractivity contribution in [2.45, 2.75) is 40.7 Å². The van der Waals surface area contributed by atoms with Crippen LogP contribution in [0.25, 0.3) is 11.5 Å². The molecule has 3 aromatic rings. The molecule has 0 spiro atoms. The second-order valence-corrected chi connectivity index (χ2v) is 7.88. The molecule has 9 nitrogen and oxygen atoms in total. The monoisotopic (exact) mass is 445 g/mol. The van der Waals surface area contributed by atoms with Crippen molar-refractivity contribution in [2.24, 2.45) is 10.1 Å². The van der Waals surface area contributed by atoms with Crippen LogP contribution in [0.5, 0.6) is 0 Å². The highest BCUT2D eigenvalue weighted by atomic mass is 16.5. The van der Waals surface area contributed by atoms with E-state index in [9.17, 15) is 4.79 Å². The zero-order valence-corrected chi connectivity index (χ0v) is 19.5. The largest absolute Gasteiger partial charge is 0.458 e. The first-order valence-electron chi connectivity index (χ1n) is 11.0. The molecule has 0 saturated heterocycles. The molecule has 0 aliphatic carbocycles. The van der Waals surface area contributed by atoms with Gasteiger partial charge < -0.3 is 9.64 Å². The number of ether oxygens (including phenoxy) is 1. The normalized spacial score (nSPS) is 13.9. The summed E-state index contributed by atoms with van der Waals surface area (Å²) in [7, 11) is 0. The Morgan fingerprint density at radius 3 is 2.52 bits per heavy atom. The molecule has 0 fully saturated rings. The number of aryl methyl sites for hydroxylation is 1. The van der Waals surface area contributed by atoms with Crippen LogP contribution >= 0.6 is 0 Å². The number of nitrogens with zero attached hydrogens (tertiary/aromatic N) is 7. The standard InChI is InChI=1S/C24H27N7O2/c1-6-30(7-2)17-11-12-18(16(5)14-17)26-20-21(24(32)33-15(3)4)29-31-22(27-28-23(20)31)19-10-8-9-13-25-19/h8-15H,6-7H2,1-5H3. The number of hydrogen-bond acceptors (Lipinski definition) is 8. The molecule has 0 unspecified atom stereocenters. The Bertz CT molecular complexity index is 1220. The van der Waals surface area contributed by atoms with Gasteiger partial charge in [0, 0.05) is 25.0 Å². The number of fused-ring (bicyclic) bond motifs is 1. The number of carbonyl (C=O) groups is 1. The van der Waals surface area contributed by atoms with Crippen molar-refractivity contribution in [2.75, 3.05) is 18.0 Å². The maximum atomic E-state index is 12.9. The van der Waals surface area contributed by atoms with Crippen LogP contribution in [-0.2, 0) is 9.53 Å². The number of aliphatic imine (C=N–C) groups is 1. The molecule has 0 N–H and O–H groups in total. The quantitative estimate of drug-likeness (QED) is 0.513. The molecule has 0 amide bonds. The lowest BCUT2D eigenvalue weighted by atomic mass is 10.1. The van der Waals surface area contributed by atoms with Gasteiger partial charge in [-0.05, 0) is 70.5 Å². The van der Waals surface area contributed by atoms with Crippen LogP contribution in [0.3, 0.4) is 0 Å². The molecule has 0 bridgehead atoms. The average Bonchev–Trinajstić information content (AvgIpc) is 3.36. The van der Waals surface area contributed by atoms with Gasteiger partial charge in [0.2, 0.25) is 11.6 Å². The second kappa shape index (κ2) is 9.32. The Kier molecular flexibility index (Phi) is 6.30. The number of carbonyl (C=O) groups excluding carboxylic acids is 1. The van der Waals surface area contributed by atoms with Crippen molar-refractivity contribution < 1.29 is 9.53 Å². The molecule has 2 aromatic heterocycles. The fourth-order valence-corrected chi connectivity index (χ4v) is 3.61. The maximum absolute atomic E-state index is 12.9. The summed E-state index contributed by atoms with van der Waals surface area (Å²) in [5, 5.41) is 13.0. The Balaban J connectivity index is 1.80. The summed E-state index contributed by atoms with van der Waals surface area (Å²) in [5.74, 6) is 0.247. The van der Waals surface area contributed by atoms with Crippen molar-refractivity contribution >= 4 is 28.8 Å². The van der Waals surface area contributed by atoms with Crippen LogP contribution in [0.1, 0.15) is 39.1 Å². The molecule has 1 aromatic carbocycles. The number of benzene rings is 1. The topological polar surface area (TPSA) is 97.9 Å². The van der Waals surface area contributed by atoms with E-state index in [1.54, 1.807) is 20.0 Å². The third-order valence-electron chi connectivity index (χ3n) is 5.25. The highest BCUT2D eigenvalue weighted by Gasteiger charge is 2.34. The molecule has 0 radical (unpaired) electrons.